The SMILES string of the molecule is [O-]/[N+](=C\c1ccccc1)c1ccccc1I. The van der Waals surface area contributed by atoms with Gasteiger partial charge in [0.05, 0.1) is 3.57 Å². The van der Waals surface area contributed by atoms with Crippen molar-refractivity contribution in [2.75, 3.05) is 0 Å². The van der Waals surface area contributed by atoms with Crippen LogP contribution in [-0.4, -0.2) is 11.0 Å². The quantitative estimate of drug-likeness (QED) is 0.273. The van der Waals surface area contributed by atoms with Gasteiger partial charge >= 0.3 is 0 Å². The van der Waals surface area contributed by atoms with Crippen LogP contribution in [0.1, 0.15) is 5.56 Å². The van der Waals surface area contributed by atoms with Crippen molar-refractivity contribution in [2.45, 2.75) is 0 Å². The maximum absolute atomic E-state index is 11.9. The van der Waals surface area contributed by atoms with Crippen LogP contribution in [0.15, 0.2) is 54.6 Å². The van der Waals surface area contributed by atoms with Crippen LogP contribution in [0.4, 0.5) is 5.69 Å². The average molecular weight is 323 g/mol. The Labute approximate surface area is 108 Å². The van der Waals surface area contributed by atoms with Gasteiger partial charge in [-0.1, -0.05) is 30.3 Å². The molecule has 0 aliphatic rings. The van der Waals surface area contributed by atoms with Gasteiger partial charge in [0, 0.05) is 11.6 Å². The number of halogens is 1. The summed E-state index contributed by atoms with van der Waals surface area (Å²) in [7, 11) is 0. The smallest absolute Gasteiger partial charge is 0.229 e. The average Bonchev–Trinajstić information content (AvgIpc) is 2.31. The second-order valence-electron chi connectivity index (χ2n) is 3.32. The van der Waals surface area contributed by atoms with Crippen LogP contribution in [0.5, 0.6) is 0 Å². The molecular formula is C13H10INO. The van der Waals surface area contributed by atoms with E-state index in [0.29, 0.717) is 5.69 Å². The largest absolute Gasteiger partial charge is 0.618 e. The fourth-order valence-electron chi connectivity index (χ4n) is 1.37. The summed E-state index contributed by atoms with van der Waals surface area (Å²) in [5.74, 6) is 0. The lowest BCUT2D eigenvalue weighted by Gasteiger charge is -2.04. The second-order valence-corrected chi connectivity index (χ2v) is 4.48. The lowest BCUT2D eigenvalue weighted by molar-refractivity contribution is -0.355. The fourth-order valence-corrected chi connectivity index (χ4v) is 2.00. The summed E-state index contributed by atoms with van der Waals surface area (Å²) >= 11 is 2.16. The summed E-state index contributed by atoms with van der Waals surface area (Å²) in [5, 5.41) is 11.9. The van der Waals surface area contributed by atoms with Crippen LogP contribution in [-0.2, 0) is 0 Å². The van der Waals surface area contributed by atoms with E-state index >= 15 is 0 Å². The van der Waals surface area contributed by atoms with Crippen molar-refractivity contribution < 1.29 is 4.74 Å². The van der Waals surface area contributed by atoms with Gasteiger partial charge in [-0.3, -0.25) is 0 Å². The predicted molar refractivity (Wildman–Crippen MR) is 74.1 cm³/mol. The third-order valence-electron chi connectivity index (χ3n) is 2.16. The molecule has 0 aliphatic carbocycles. The molecule has 0 fully saturated rings. The highest BCUT2D eigenvalue weighted by Gasteiger charge is 2.05. The summed E-state index contributed by atoms with van der Waals surface area (Å²) in [6.45, 7) is 0. The van der Waals surface area contributed by atoms with Crippen LogP contribution in [0.2, 0.25) is 0 Å². The summed E-state index contributed by atoms with van der Waals surface area (Å²) in [5.41, 5.74) is 1.57. The van der Waals surface area contributed by atoms with Crippen molar-refractivity contribution in [3.05, 3.63) is 68.9 Å². The summed E-state index contributed by atoms with van der Waals surface area (Å²) in [6.07, 6.45) is 1.58. The standard InChI is InChI=1S/C13H10INO/c14-12-8-4-5-9-13(12)15(16)10-11-6-2-1-3-7-11/h1-10H/b15-10-. The molecule has 0 heterocycles. The Morgan fingerprint density at radius 1 is 0.938 bits per heavy atom. The third kappa shape index (κ3) is 2.61. The zero-order chi connectivity index (χ0) is 11.4. The third-order valence-corrected chi connectivity index (χ3v) is 3.07. The Balaban J connectivity index is 2.36. The van der Waals surface area contributed by atoms with Crippen molar-refractivity contribution in [1.82, 2.24) is 0 Å². The van der Waals surface area contributed by atoms with Crippen LogP contribution >= 0.6 is 22.6 Å². The minimum absolute atomic E-state index is 0.673. The number of benzene rings is 2. The van der Waals surface area contributed by atoms with Gasteiger partial charge in [0.1, 0.15) is 0 Å². The molecule has 2 aromatic carbocycles. The zero-order valence-corrected chi connectivity index (χ0v) is 10.7. The molecule has 0 unspecified atom stereocenters. The molecule has 0 aliphatic heterocycles. The normalized spacial score (nSPS) is 11.4. The molecule has 0 aromatic heterocycles. The van der Waals surface area contributed by atoms with E-state index in [9.17, 15) is 5.21 Å². The molecule has 0 radical (unpaired) electrons. The van der Waals surface area contributed by atoms with Gasteiger partial charge in [-0.25, -0.2) is 0 Å². The number of para-hydroxylation sites is 1. The topological polar surface area (TPSA) is 26.1 Å². The number of hydrogen-bond donors (Lipinski definition) is 0. The highest BCUT2D eigenvalue weighted by molar-refractivity contribution is 14.1. The summed E-state index contributed by atoms with van der Waals surface area (Å²) in [6, 6.07) is 17.1. The minimum atomic E-state index is 0.673. The van der Waals surface area contributed by atoms with Crippen molar-refractivity contribution in [3.8, 4) is 0 Å². The Bertz CT molecular complexity index is 508. The van der Waals surface area contributed by atoms with Crippen LogP contribution in [0.3, 0.4) is 0 Å². The first-order valence-electron chi connectivity index (χ1n) is 4.88. The highest BCUT2D eigenvalue weighted by Crippen LogP contribution is 2.19. The Morgan fingerprint density at radius 2 is 1.56 bits per heavy atom. The van der Waals surface area contributed by atoms with E-state index in [2.05, 4.69) is 22.6 Å². The zero-order valence-electron chi connectivity index (χ0n) is 8.51. The maximum atomic E-state index is 11.9. The van der Waals surface area contributed by atoms with Crippen molar-refractivity contribution >= 4 is 34.5 Å². The van der Waals surface area contributed by atoms with E-state index in [-0.39, 0.29) is 0 Å². The van der Waals surface area contributed by atoms with Crippen LogP contribution < -0.4 is 0 Å². The maximum Gasteiger partial charge on any atom is 0.229 e. The number of rotatable bonds is 2. The minimum Gasteiger partial charge on any atom is -0.618 e. The van der Waals surface area contributed by atoms with Crippen molar-refractivity contribution in [1.29, 1.82) is 0 Å². The van der Waals surface area contributed by atoms with E-state index in [1.807, 2.05) is 54.6 Å². The molecule has 0 saturated heterocycles. The lowest BCUT2D eigenvalue weighted by atomic mass is 10.2. The van der Waals surface area contributed by atoms with Gasteiger partial charge in [-0.2, -0.15) is 4.74 Å². The van der Waals surface area contributed by atoms with Crippen LogP contribution in [0.25, 0.3) is 0 Å². The molecule has 0 saturated carbocycles. The van der Waals surface area contributed by atoms with Gasteiger partial charge in [0.15, 0.2) is 6.21 Å². The number of hydrogen-bond acceptors (Lipinski definition) is 1. The molecular weight excluding hydrogens is 313 g/mol. The first-order valence-corrected chi connectivity index (χ1v) is 5.96. The fraction of sp³-hybridized carbons (Fsp3) is 0. The molecule has 0 N–H and O–H groups in total. The lowest BCUT2D eigenvalue weighted by Crippen LogP contribution is -2.00. The molecule has 16 heavy (non-hydrogen) atoms. The molecule has 0 atom stereocenters. The molecule has 0 amide bonds. The van der Waals surface area contributed by atoms with Gasteiger partial charge < -0.3 is 5.21 Å². The van der Waals surface area contributed by atoms with E-state index in [4.69, 9.17) is 0 Å². The van der Waals surface area contributed by atoms with Crippen molar-refractivity contribution in [2.24, 2.45) is 0 Å². The highest BCUT2D eigenvalue weighted by atomic mass is 127. The summed E-state index contributed by atoms with van der Waals surface area (Å²) in [4.78, 5) is 0. The van der Waals surface area contributed by atoms with Crippen LogP contribution in [0, 0.1) is 8.78 Å². The second kappa shape index (κ2) is 5.12. The van der Waals surface area contributed by atoms with Crippen molar-refractivity contribution in [3.63, 3.8) is 0 Å². The first kappa shape index (κ1) is 11.1. The first-order chi connectivity index (χ1) is 7.77. The molecule has 2 nitrogen and oxygen atoms in total. The molecule has 80 valence electrons. The van der Waals surface area contributed by atoms with E-state index in [0.717, 1.165) is 13.9 Å². The monoisotopic (exact) mass is 323 g/mol. The van der Waals surface area contributed by atoms with Gasteiger partial charge in [-0.15, -0.1) is 0 Å². The molecule has 0 spiro atoms. The van der Waals surface area contributed by atoms with E-state index < -0.39 is 0 Å². The van der Waals surface area contributed by atoms with Gasteiger partial charge in [-0.05, 0) is 40.8 Å². The molecule has 2 rings (SSSR count). The Kier molecular flexibility index (Phi) is 3.56. The van der Waals surface area contributed by atoms with E-state index in [1.165, 1.54) is 0 Å². The molecule has 0 bridgehead atoms. The Morgan fingerprint density at radius 3 is 2.25 bits per heavy atom. The van der Waals surface area contributed by atoms with Gasteiger partial charge in [0.25, 0.3) is 0 Å². The molecule has 3 heteroatoms. The van der Waals surface area contributed by atoms with Gasteiger partial charge in [0.2, 0.25) is 5.69 Å². The van der Waals surface area contributed by atoms with E-state index in [1.54, 1.807) is 6.21 Å². The summed E-state index contributed by atoms with van der Waals surface area (Å²) < 4.78 is 1.85. The predicted octanol–water partition coefficient (Wildman–Crippen LogP) is 3.55. The number of nitrogens with zero attached hydrogens (tertiary/aromatic N) is 1. The molecule has 2 aromatic rings. The Hall–Kier alpha value is -1.36.